The Hall–Kier alpha value is -3.30. The van der Waals surface area contributed by atoms with Crippen molar-refractivity contribution in [3.63, 3.8) is 0 Å². The van der Waals surface area contributed by atoms with Crippen LogP contribution in [0.3, 0.4) is 0 Å². The van der Waals surface area contributed by atoms with Crippen molar-refractivity contribution in [3.8, 4) is 5.75 Å². The summed E-state index contributed by atoms with van der Waals surface area (Å²) in [4.78, 5) is 23.9. The van der Waals surface area contributed by atoms with E-state index in [9.17, 15) is 27.2 Å². The largest absolute Gasteiger partial charge is 0.482 e. The van der Waals surface area contributed by atoms with Crippen molar-refractivity contribution in [3.05, 3.63) is 53.3 Å². The number of alkyl halides is 3. The number of hydrogen-bond donors (Lipinski definition) is 3. The maximum atomic E-state index is 13.4. The van der Waals surface area contributed by atoms with Crippen LogP contribution in [0.15, 0.2) is 36.4 Å². The van der Waals surface area contributed by atoms with E-state index in [1.807, 2.05) is 19.9 Å². The first-order valence-electron chi connectivity index (χ1n) is 8.91. The molecule has 2 aromatic rings. The van der Waals surface area contributed by atoms with E-state index in [1.54, 1.807) is 12.1 Å². The summed E-state index contributed by atoms with van der Waals surface area (Å²) in [6.07, 6.45) is -4.56. The van der Waals surface area contributed by atoms with E-state index in [1.165, 1.54) is 0 Å². The van der Waals surface area contributed by atoms with E-state index >= 15 is 0 Å². The smallest absolute Gasteiger partial charge is 0.422 e. The van der Waals surface area contributed by atoms with E-state index in [-0.39, 0.29) is 18.0 Å². The Bertz CT molecular complexity index is 917. The maximum Gasteiger partial charge on any atom is 0.422 e. The second-order valence-corrected chi connectivity index (χ2v) is 6.47. The number of rotatable bonds is 8. The maximum absolute atomic E-state index is 13.4. The normalized spacial score (nSPS) is 11.0. The molecule has 0 fully saturated rings. The Labute approximate surface area is 170 Å². The third kappa shape index (κ3) is 7.26. The number of benzene rings is 2. The molecular formula is C20H21F4N3O3. The molecule has 0 saturated heterocycles. The topological polar surface area (TPSA) is 79.5 Å². The molecule has 0 aliphatic rings. The fraction of sp³-hybridized carbons (Fsp3) is 0.300. The van der Waals surface area contributed by atoms with E-state index < -0.39 is 37.0 Å². The Morgan fingerprint density at radius 2 is 1.73 bits per heavy atom. The molecule has 0 bridgehead atoms. The van der Waals surface area contributed by atoms with Gasteiger partial charge in [0.25, 0.3) is 0 Å². The zero-order chi connectivity index (χ0) is 22.3. The van der Waals surface area contributed by atoms with Gasteiger partial charge >= 0.3 is 6.18 Å². The molecule has 0 saturated carbocycles. The standard InChI is InChI=1S/C20H21F4N3O3/c1-12-4-3-5-15(13(12)2)27-19(29)10-26-18(28)9-25-16-8-14(21)6-7-17(16)30-11-20(22,23)24/h3-8,25H,9-11H2,1-2H3,(H,26,28)(H,27,29). The molecule has 0 spiro atoms. The Balaban J connectivity index is 1.86. The summed E-state index contributed by atoms with van der Waals surface area (Å²) in [5.74, 6) is -2.03. The third-order valence-electron chi connectivity index (χ3n) is 4.10. The van der Waals surface area contributed by atoms with Gasteiger partial charge in [-0.1, -0.05) is 12.1 Å². The van der Waals surface area contributed by atoms with Gasteiger partial charge in [0.15, 0.2) is 6.61 Å². The highest BCUT2D eigenvalue weighted by Crippen LogP contribution is 2.27. The summed E-state index contributed by atoms with van der Waals surface area (Å²) >= 11 is 0. The summed E-state index contributed by atoms with van der Waals surface area (Å²) in [5.41, 5.74) is 2.41. The van der Waals surface area contributed by atoms with E-state index in [4.69, 9.17) is 0 Å². The van der Waals surface area contributed by atoms with Crippen molar-refractivity contribution >= 4 is 23.2 Å². The lowest BCUT2D eigenvalue weighted by molar-refractivity contribution is -0.153. The lowest BCUT2D eigenvalue weighted by Crippen LogP contribution is -2.36. The number of carbonyl (C=O) groups excluding carboxylic acids is 2. The van der Waals surface area contributed by atoms with Gasteiger partial charge in [0, 0.05) is 11.8 Å². The minimum atomic E-state index is -4.56. The molecule has 162 valence electrons. The molecule has 0 unspecified atom stereocenters. The SMILES string of the molecule is Cc1cccc(NC(=O)CNC(=O)CNc2cc(F)ccc2OCC(F)(F)F)c1C. The molecule has 0 heterocycles. The zero-order valence-electron chi connectivity index (χ0n) is 16.3. The van der Waals surface area contributed by atoms with Crippen LogP contribution in [0.2, 0.25) is 0 Å². The van der Waals surface area contributed by atoms with Crippen LogP contribution in [0, 0.1) is 19.7 Å². The van der Waals surface area contributed by atoms with Crippen molar-refractivity contribution in [1.82, 2.24) is 5.32 Å². The van der Waals surface area contributed by atoms with Gasteiger partial charge in [0.1, 0.15) is 11.6 Å². The molecule has 2 aromatic carbocycles. The van der Waals surface area contributed by atoms with Gasteiger partial charge in [-0.25, -0.2) is 4.39 Å². The van der Waals surface area contributed by atoms with Gasteiger partial charge in [-0.05, 0) is 43.2 Å². The number of ether oxygens (including phenoxy) is 1. The van der Waals surface area contributed by atoms with Crippen LogP contribution in [0.1, 0.15) is 11.1 Å². The second kappa shape index (κ2) is 9.95. The van der Waals surface area contributed by atoms with Gasteiger partial charge in [-0.3, -0.25) is 9.59 Å². The van der Waals surface area contributed by atoms with E-state index in [0.29, 0.717) is 5.69 Å². The van der Waals surface area contributed by atoms with Gasteiger partial charge in [0.05, 0.1) is 18.8 Å². The van der Waals surface area contributed by atoms with Crippen LogP contribution in [0.25, 0.3) is 0 Å². The summed E-state index contributed by atoms with van der Waals surface area (Å²) in [6.45, 7) is 1.48. The number of carbonyl (C=O) groups is 2. The van der Waals surface area contributed by atoms with Gasteiger partial charge in [0.2, 0.25) is 11.8 Å². The fourth-order valence-corrected chi connectivity index (χ4v) is 2.42. The summed E-state index contributed by atoms with van der Waals surface area (Å²) in [6, 6.07) is 8.30. The van der Waals surface area contributed by atoms with Crippen LogP contribution >= 0.6 is 0 Å². The highest BCUT2D eigenvalue weighted by Gasteiger charge is 2.29. The molecule has 0 atom stereocenters. The molecule has 10 heteroatoms. The van der Waals surface area contributed by atoms with Gasteiger partial charge in [-0.15, -0.1) is 0 Å². The van der Waals surface area contributed by atoms with Crippen LogP contribution in [-0.2, 0) is 9.59 Å². The van der Waals surface area contributed by atoms with E-state index in [2.05, 4.69) is 20.7 Å². The van der Waals surface area contributed by atoms with Crippen molar-refractivity contribution in [1.29, 1.82) is 0 Å². The first kappa shape index (κ1) is 23.0. The molecule has 0 aromatic heterocycles. The van der Waals surface area contributed by atoms with Crippen LogP contribution < -0.4 is 20.7 Å². The number of anilines is 2. The van der Waals surface area contributed by atoms with Gasteiger partial charge in [-0.2, -0.15) is 13.2 Å². The van der Waals surface area contributed by atoms with E-state index in [0.717, 1.165) is 29.3 Å². The van der Waals surface area contributed by atoms with Crippen LogP contribution in [-0.4, -0.2) is 37.7 Å². The molecule has 0 radical (unpaired) electrons. The fourth-order valence-electron chi connectivity index (χ4n) is 2.42. The number of aryl methyl sites for hydroxylation is 1. The van der Waals surface area contributed by atoms with Crippen molar-refractivity contribution in [2.75, 3.05) is 30.3 Å². The highest BCUT2D eigenvalue weighted by molar-refractivity contribution is 5.95. The highest BCUT2D eigenvalue weighted by atomic mass is 19.4. The first-order chi connectivity index (χ1) is 14.0. The first-order valence-corrected chi connectivity index (χ1v) is 8.91. The molecule has 6 nitrogen and oxygen atoms in total. The molecule has 2 rings (SSSR count). The molecule has 0 aliphatic carbocycles. The Morgan fingerprint density at radius 3 is 2.43 bits per heavy atom. The summed E-state index contributed by atoms with van der Waals surface area (Å²) in [5, 5.41) is 7.55. The number of amides is 2. The number of halogens is 4. The predicted molar refractivity (Wildman–Crippen MR) is 104 cm³/mol. The molecule has 2 amide bonds. The minimum Gasteiger partial charge on any atom is -0.482 e. The quantitative estimate of drug-likeness (QED) is 0.563. The monoisotopic (exact) mass is 427 g/mol. The molecule has 3 N–H and O–H groups in total. The third-order valence-corrected chi connectivity index (χ3v) is 4.10. The predicted octanol–water partition coefficient (Wildman–Crippen LogP) is 3.55. The average molecular weight is 427 g/mol. The van der Waals surface area contributed by atoms with Crippen LogP contribution in [0.5, 0.6) is 5.75 Å². The van der Waals surface area contributed by atoms with Crippen LogP contribution in [0.4, 0.5) is 28.9 Å². The number of hydrogen-bond acceptors (Lipinski definition) is 4. The second-order valence-electron chi connectivity index (χ2n) is 6.47. The van der Waals surface area contributed by atoms with Crippen molar-refractivity contribution < 1.29 is 31.9 Å². The summed E-state index contributed by atoms with van der Waals surface area (Å²) < 4.78 is 55.0. The molecule has 0 aliphatic heterocycles. The Morgan fingerprint density at radius 1 is 1.00 bits per heavy atom. The average Bonchev–Trinajstić information content (AvgIpc) is 2.67. The summed E-state index contributed by atoms with van der Waals surface area (Å²) in [7, 11) is 0. The van der Waals surface area contributed by atoms with Gasteiger partial charge < -0.3 is 20.7 Å². The Kier molecular flexibility index (Phi) is 7.62. The lowest BCUT2D eigenvalue weighted by atomic mass is 10.1. The van der Waals surface area contributed by atoms with Crippen molar-refractivity contribution in [2.45, 2.75) is 20.0 Å². The van der Waals surface area contributed by atoms with Crippen molar-refractivity contribution in [2.24, 2.45) is 0 Å². The molecule has 30 heavy (non-hydrogen) atoms. The molecular weight excluding hydrogens is 406 g/mol. The zero-order valence-corrected chi connectivity index (χ0v) is 16.3. The lowest BCUT2D eigenvalue weighted by Gasteiger charge is -2.15. The minimum absolute atomic E-state index is 0.116. The number of nitrogens with one attached hydrogen (secondary N) is 3.